The number of carbonyl (C=O) groups excluding carboxylic acids is 1. The molecule has 0 radical (unpaired) electrons. The van der Waals surface area contributed by atoms with Crippen molar-refractivity contribution in [3.63, 3.8) is 0 Å². The maximum atomic E-state index is 12.5. The van der Waals surface area contributed by atoms with Crippen molar-refractivity contribution in [2.24, 2.45) is 0 Å². The number of rotatable bonds is 8. The quantitative estimate of drug-likeness (QED) is 0.587. The molecule has 1 amide bonds. The highest BCUT2D eigenvalue weighted by atomic mass is 79.9. The average molecular weight is 480 g/mol. The van der Waals surface area contributed by atoms with Crippen molar-refractivity contribution in [2.45, 2.75) is 11.9 Å². The van der Waals surface area contributed by atoms with Gasteiger partial charge in [0.25, 0.3) is 0 Å². The summed E-state index contributed by atoms with van der Waals surface area (Å²) in [6, 6.07) is 10.9. The molecular formula is C18H17BrF3NO4S. The van der Waals surface area contributed by atoms with Crippen LogP contribution in [0.2, 0.25) is 0 Å². The lowest BCUT2D eigenvalue weighted by Crippen LogP contribution is -2.33. The second kappa shape index (κ2) is 9.42. The molecule has 0 unspecified atom stereocenters. The second-order valence-electron chi connectivity index (χ2n) is 5.88. The van der Waals surface area contributed by atoms with E-state index in [2.05, 4.69) is 21.2 Å². The Balaban J connectivity index is 1.74. The van der Waals surface area contributed by atoms with Gasteiger partial charge in [0.15, 0.2) is 9.84 Å². The van der Waals surface area contributed by atoms with Crippen molar-refractivity contribution < 1.29 is 31.1 Å². The summed E-state index contributed by atoms with van der Waals surface area (Å²) in [7, 11) is -3.63. The van der Waals surface area contributed by atoms with Crippen LogP contribution in [0.5, 0.6) is 5.75 Å². The minimum atomic E-state index is -4.42. The van der Waals surface area contributed by atoms with E-state index in [0.29, 0.717) is 5.56 Å². The van der Waals surface area contributed by atoms with Crippen LogP contribution in [0.1, 0.15) is 11.1 Å². The molecule has 0 heterocycles. The fourth-order valence-electron chi connectivity index (χ4n) is 2.24. The molecule has 152 valence electrons. The molecule has 0 aliphatic rings. The van der Waals surface area contributed by atoms with Crippen LogP contribution in [-0.4, -0.2) is 33.2 Å². The second-order valence-corrected chi connectivity index (χ2v) is 8.86. The Morgan fingerprint density at radius 2 is 1.64 bits per heavy atom. The molecule has 0 atom stereocenters. The van der Waals surface area contributed by atoms with E-state index in [-0.39, 0.29) is 24.7 Å². The largest absolute Gasteiger partial charge is 0.492 e. The maximum Gasteiger partial charge on any atom is 0.416 e. The summed E-state index contributed by atoms with van der Waals surface area (Å²) in [5, 5.41) is 2.41. The Morgan fingerprint density at radius 3 is 2.21 bits per heavy atom. The third kappa shape index (κ3) is 7.51. The van der Waals surface area contributed by atoms with Gasteiger partial charge in [0.1, 0.15) is 18.1 Å². The highest BCUT2D eigenvalue weighted by Crippen LogP contribution is 2.30. The molecule has 2 aromatic carbocycles. The third-order valence-corrected chi connectivity index (χ3v) is 5.53. The third-order valence-electron chi connectivity index (χ3n) is 3.53. The molecule has 10 heteroatoms. The zero-order chi connectivity index (χ0) is 20.8. The van der Waals surface area contributed by atoms with Gasteiger partial charge in [-0.15, -0.1) is 0 Å². The Kier molecular flexibility index (Phi) is 7.48. The molecule has 0 saturated heterocycles. The van der Waals surface area contributed by atoms with E-state index >= 15 is 0 Å². The van der Waals surface area contributed by atoms with Crippen LogP contribution < -0.4 is 10.1 Å². The molecule has 1 N–H and O–H groups in total. The first-order valence-electron chi connectivity index (χ1n) is 8.07. The molecule has 0 aromatic heterocycles. The molecule has 0 fully saturated rings. The zero-order valence-corrected chi connectivity index (χ0v) is 16.9. The van der Waals surface area contributed by atoms with Crippen LogP contribution in [0.4, 0.5) is 13.2 Å². The number of sulfone groups is 1. The van der Waals surface area contributed by atoms with Gasteiger partial charge < -0.3 is 10.1 Å². The molecule has 2 rings (SSSR count). The first-order chi connectivity index (χ1) is 13.0. The normalized spacial score (nSPS) is 11.9. The molecule has 28 heavy (non-hydrogen) atoms. The standard InChI is InChI=1S/C18H17BrF3NO4S/c19-15-5-1-13(2-6-15)11-28(25,26)12-17(24)23-9-10-27-16-7-3-14(4-8-16)18(20,21)22/h1-8H,9-12H2,(H,23,24). The summed E-state index contributed by atoms with van der Waals surface area (Å²) in [6.45, 7) is 0.0114. The lowest BCUT2D eigenvalue weighted by molar-refractivity contribution is -0.137. The Labute approximate surface area is 168 Å². The van der Waals surface area contributed by atoms with Crippen LogP contribution >= 0.6 is 15.9 Å². The highest BCUT2D eigenvalue weighted by molar-refractivity contribution is 9.10. The predicted octanol–water partition coefficient (Wildman–Crippen LogP) is 3.58. The zero-order valence-electron chi connectivity index (χ0n) is 14.5. The van der Waals surface area contributed by atoms with Crippen molar-refractivity contribution in [3.8, 4) is 5.75 Å². The number of hydrogen-bond acceptors (Lipinski definition) is 4. The van der Waals surface area contributed by atoms with E-state index in [9.17, 15) is 26.4 Å². The fourth-order valence-corrected chi connectivity index (χ4v) is 3.80. The lowest BCUT2D eigenvalue weighted by Gasteiger charge is -2.10. The maximum absolute atomic E-state index is 12.5. The first kappa shape index (κ1) is 22.2. The Bertz CT molecular complexity index is 898. The van der Waals surface area contributed by atoms with Crippen LogP contribution in [0.25, 0.3) is 0 Å². The summed E-state index contributed by atoms with van der Waals surface area (Å²) >= 11 is 3.25. The van der Waals surface area contributed by atoms with Crippen LogP contribution in [0.15, 0.2) is 53.0 Å². The molecule has 0 bridgehead atoms. The molecule has 5 nitrogen and oxygen atoms in total. The predicted molar refractivity (Wildman–Crippen MR) is 102 cm³/mol. The summed E-state index contributed by atoms with van der Waals surface area (Å²) in [6.07, 6.45) is -4.42. The van der Waals surface area contributed by atoms with E-state index in [1.54, 1.807) is 24.3 Å². The van der Waals surface area contributed by atoms with E-state index in [0.717, 1.165) is 16.6 Å². The van der Waals surface area contributed by atoms with Gasteiger partial charge in [-0.05, 0) is 42.0 Å². The van der Waals surface area contributed by atoms with Gasteiger partial charge in [-0.25, -0.2) is 8.42 Å². The van der Waals surface area contributed by atoms with Crippen LogP contribution in [-0.2, 0) is 26.6 Å². The van der Waals surface area contributed by atoms with Gasteiger partial charge >= 0.3 is 6.18 Å². The molecule has 0 saturated carbocycles. The number of halogens is 4. The van der Waals surface area contributed by atoms with E-state index in [1.807, 2.05) is 0 Å². The topological polar surface area (TPSA) is 72.5 Å². The summed E-state index contributed by atoms with van der Waals surface area (Å²) in [4.78, 5) is 11.8. The highest BCUT2D eigenvalue weighted by Gasteiger charge is 2.30. The number of hydrogen-bond donors (Lipinski definition) is 1. The first-order valence-corrected chi connectivity index (χ1v) is 10.7. The number of amides is 1. The number of alkyl halides is 3. The van der Waals surface area contributed by atoms with Gasteiger partial charge in [-0.1, -0.05) is 28.1 Å². The molecule has 0 aliphatic carbocycles. The van der Waals surface area contributed by atoms with Crippen molar-refractivity contribution in [1.29, 1.82) is 0 Å². The van der Waals surface area contributed by atoms with Crippen molar-refractivity contribution in [2.75, 3.05) is 18.9 Å². The van der Waals surface area contributed by atoms with Crippen LogP contribution in [0.3, 0.4) is 0 Å². The van der Waals surface area contributed by atoms with Crippen molar-refractivity contribution in [3.05, 3.63) is 64.1 Å². The van der Waals surface area contributed by atoms with Gasteiger partial charge in [-0.2, -0.15) is 13.2 Å². The Morgan fingerprint density at radius 1 is 1.04 bits per heavy atom. The summed E-state index contributed by atoms with van der Waals surface area (Å²) in [5.74, 6) is -1.38. The smallest absolute Gasteiger partial charge is 0.416 e. The summed E-state index contributed by atoms with van der Waals surface area (Å²) < 4.78 is 67.6. The van der Waals surface area contributed by atoms with Crippen LogP contribution in [0, 0.1) is 0 Å². The van der Waals surface area contributed by atoms with Crippen molar-refractivity contribution >= 4 is 31.7 Å². The van der Waals surface area contributed by atoms with Gasteiger partial charge in [-0.3, -0.25) is 4.79 Å². The average Bonchev–Trinajstić information content (AvgIpc) is 2.60. The van der Waals surface area contributed by atoms with Gasteiger partial charge in [0.05, 0.1) is 17.9 Å². The monoisotopic (exact) mass is 479 g/mol. The molecular weight excluding hydrogens is 463 g/mol. The fraction of sp³-hybridized carbons (Fsp3) is 0.278. The summed E-state index contributed by atoms with van der Waals surface area (Å²) in [5.41, 5.74) is -0.217. The molecule has 2 aromatic rings. The number of nitrogens with one attached hydrogen (secondary N) is 1. The SMILES string of the molecule is O=C(CS(=O)(=O)Cc1ccc(Br)cc1)NCCOc1ccc(C(F)(F)F)cc1. The van der Waals surface area contributed by atoms with E-state index in [1.165, 1.54) is 12.1 Å². The number of ether oxygens (including phenoxy) is 1. The van der Waals surface area contributed by atoms with Gasteiger partial charge in [0.2, 0.25) is 5.91 Å². The van der Waals surface area contributed by atoms with E-state index in [4.69, 9.17) is 4.74 Å². The number of benzene rings is 2. The number of carbonyl (C=O) groups is 1. The minimum absolute atomic E-state index is 0.0101. The van der Waals surface area contributed by atoms with Crippen molar-refractivity contribution in [1.82, 2.24) is 5.32 Å². The molecule has 0 aliphatic heterocycles. The molecule has 0 spiro atoms. The Hall–Kier alpha value is -2.07. The lowest BCUT2D eigenvalue weighted by atomic mass is 10.2. The van der Waals surface area contributed by atoms with E-state index < -0.39 is 33.2 Å². The van der Waals surface area contributed by atoms with Gasteiger partial charge in [0, 0.05) is 4.47 Å². The minimum Gasteiger partial charge on any atom is -0.492 e.